The van der Waals surface area contributed by atoms with E-state index in [2.05, 4.69) is 0 Å². The molecule has 104 valence electrons. The van der Waals surface area contributed by atoms with E-state index in [-0.39, 0.29) is 0 Å². The summed E-state index contributed by atoms with van der Waals surface area (Å²) in [7, 11) is 0. The fourth-order valence-corrected chi connectivity index (χ4v) is 0.818. The molecule has 0 aliphatic carbocycles. The van der Waals surface area contributed by atoms with Gasteiger partial charge in [0.05, 0.1) is 0 Å². The van der Waals surface area contributed by atoms with Gasteiger partial charge in [0.25, 0.3) is 6.43 Å². The van der Waals surface area contributed by atoms with Crippen LogP contribution < -0.4 is 0 Å². The van der Waals surface area contributed by atoms with Crippen molar-refractivity contribution < 1.29 is 48.3 Å². The van der Waals surface area contributed by atoms with Crippen molar-refractivity contribution in [2.24, 2.45) is 5.92 Å². The summed E-state index contributed by atoms with van der Waals surface area (Å²) in [6.07, 6.45) is -22.8. The number of hydrogen-bond donors (Lipinski definition) is 0. The van der Waals surface area contributed by atoms with Gasteiger partial charge < -0.3 is 0 Å². The Kier molecular flexibility index (Phi) is 4.28. The monoisotopic (exact) mass is 284 g/mol. The van der Waals surface area contributed by atoms with Crippen molar-refractivity contribution in [3.05, 3.63) is 0 Å². The highest BCUT2D eigenvalue weighted by atomic mass is 19.4. The molecular weight excluding hydrogens is 281 g/mol. The molecule has 0 spiro atoms. The first-order valence-electron chi connectivity index (χ1n) is 3.66. The maximum atomic E-state index is 12.4. The fraction of sp³-hybridized carbons (Fsp3) is 1.00. The summed E-state index contributed by atoms with van der Waals surface area (Å²) in [4.78, 5) is 0. The first-order chi connectivity index (χ1) is 7.23. The van der Waals surface area contributed by atoms with Gasteiger partial charge in [0.2, 0.25) is 0 Å². The molecule has 0 nitrogen and oxygen atoms in total. The van der Waals surface area contributed by atoms with Gasteiger partial charge in [-0.15, -0.1) is 0 Å². The molecule has 2 atom stereocenters. The van der Waals surface area contributed by atoms with Gasteiger partial charge in [-0.1, -0.05) is 0 Å². The topological polar surface area (TPSA) is 0 Å². The van der Waals surface area contributed by atoms with E-state index in [9.17, 15) is 48.3 Å². The minimum atomic E-state index is -6.69. The minimum absolute atomic E-state index is 4.71. The van der Waals surface area contributed by atoms with Gasteiger partial charge in [-0.25, -0.2) is 13.2 Å². The van der Waals surface area contributed by atoms with Crippen molar-refractivity contribution in [3.63, 3.8) is 0 Å². The average molecular weight is 284 g/mol. The second-order valence-corrected chi connectivity index (χ2v) is 2.92. The first-order valence-corrected chi connectivity index (χ1v) is 3.66. The number of hydrogen-bond acceptors (Lipinski definition) is 0. The van der Waals surface area contributed by atoms with Crippen LogP contribution in [0, 0.1) is 5.92 Å². The molecule has 0 saturated carbocycles. The Hall–Kier alpha value is -0.770. The van der Waals surface area contributed by atoms with Crippen LogP contribution in [0.2, 0.25) is 0 Å². The molecule has 0 radical (unpaired) electrons. The summed E-state index contributed by atoms with van der Waals surface area (Å²) in [6, 6.07) is 0. The lowest BCUT2D eigenvalue weighted by atomic mass is 9.98. The minimum Gasteiger partial charge on any atom is -0.240 e. The molecule has 0 fully saturated rings. The van der Waals surface area contributed by atoms with E-state index in [1.165, 1.54) is 0 Å². The molecule has 0 amide bonds. The van der Waals surface area contributed by atoms with Gasteiger partial charge in [-0.05, 0) is 0 Å². The van der Waals surface area contributed by atoms with E-state index in [0.29, 0.717) is 0 Å². The summed E-state index contributed by atoms with van der Waals surface area (Å²) >= 11 is 0. The predicted molar refractivity (Wildman–Crippen MR) is 31.4 cm³/mol. The number of halogens is 11. The summed E-state index contributed by atoms with van der Waals surface area (Å²) < 4.78 is 130. The highest BCUT2D eigenvalue weighted by Crippen LogP contribution is 2.47. The van der Waals surface area contributed by atoms with Crippen molar-refractivity contribution >= 4 is 0 Å². The molecule has 0 aromatic heterocycles. The van der Waals surface area contributed by atoms with Crippen molar-refractivity contribution in [1.82, 2.24) is 0 Å². The molecule has 0 aliphatic heterocycles. The Morgan fingerprint density at radius 2 is 1.00 bits per heavy atom. The number of rotatable bonds is 3. The molecule has 0 N–H and O–H groups in total. The maximum Gasteiger partial charge on any atom is 0.456 e. The fourth-order valence-electron chi connectivity index (χ4n) is 0.818. The Labute approximate surface area is 86.4 Å². The summed E-state index contributed by atoms with van der Waals surface area (Å²) in [5, 5.41) is 0. The average Bonchev–Trinajstić information content (AvgIpc) is 1.97. The molecule has 0 heterocycles. The predicted octanol–water partition coefficient (Wildman–Crippen LogP) is 3.97. The van der Waals surface area contributed by atoms with E-state index >= 15 is 0 Å². The molecule has 0 rings (SSSR count). The second kappa shape index (κ2) is 4.48. The lowest BCUT2D eigenvalue weighted by molar-refractivity contribution is -0.333. The third-order valence-electron chi connectivity index (χ3n) is 1.69. The van der Waals surface area contributed by atoms with Crippen molar-refractivity contribution in [2.45, 2.75) is 30.9 Å². The van der Waals surface area contributed by atoms with Crippen LogP contribution in [0.15, 0.2) is 0 Å². The summed E-state index contributed by atoms with van der Waals surface area (Å²) in [5.74, 6) is -11.2. The third kappa shape index (κ3) is 3.35. The second-order valence-electron chi connectivity index (χ2n) is 2.92. The van der Waals surface area contributed by atoms with Gasteiger partial charge in [0, 0.05) is 0 Å². The van der Waals surface area contributed by atoms with Crippen molar-refractivity contribution in [2.75, 3.05) is 0 Å². The quantitative estimate of drug-likeness (QED) is 0.688. The van der Waals surface area contributed by atoms with Gasteiger partial charge in [-0.2, -0.15) is 35.1 Å². The number of alkyl halides is 11. The van der Waals surface area contributed by atoms with E-state index in [0.717, 1.165) is 0 Å². The van der Waals surface area contributed by atoms with Gasteiger partial charge in [-0.3, -0.25) is 0 Å². The van der Waals surface area contributed by atoms with E-state index in [4.69, 9.17) is 0 Å². The molecule has 2 unspecified atom stereocenters. The smallest absolute Gasteiger partial charge is 0.240 e. The lowest BCUT2D eigenvalue weighted by Crippen LogP contribution is -2.53. The zero-order valence-corrected chi connectivity index (χ0v) is 7.39. The summed E-state index contributed by atoms with van der Waals surface area (Å²) in [5.41, 5.74) is 0. The molecule has 11 heteroatoms. The Morgan fingerprint density at radius 3 is 1.18 bits per heavy atom. The zero-order chi connectivity index (χ0) is 14.2. The van der Waals surface area contributed by atoms with E-state index in [1.807, 2.05) is 0 Å². The SMILES string of the molecule is FC(F)C(C(F)C(F)(F)C(F)(F)F)C(F)(F)F. The standard InChI is InChI=1S/C6H3F11/c7-2(4(10,11)6(15,16)17)1(3(8)9)5(12,13)14/h1-3H. The molecule has 0 aliphatic rings. The Bertz CT molecular complexity index is 248. The van der Waals surface area contributed by atoms with E-state index in [1.54, 1.807) is 0 Å². The van der Waals surface area contributed by atoms with Crippen molar-refractivity contribution in [3.8, 4) is 0 Å². The van der Waals surface area contributed by atoms with Gasteiger partial charge in [0.15, 0.2) is 12.1 Å². The molecule has 17 heavy (non-hydrogen) atoms. The van der Waals surface area contributed by atoms with Crippen LogP contribution >= 0.6 is 0 Å². The van der Waals surface area contributed by atoms with Crippen LogP contribution in [0.4, 0.5) is 48.3 Å². The van der Waals surface area contributed by atoms with Crippen LogP contribution in [0.25, 0.3) is 0 Å². The Morgan fingerprint density at radius 1 is 0.647 bits per heavy atom. The zero-order valence-electron chi connectivity index (χ0n) is 7.39. The van der Waals surface area contributed by atoms with Gasteiger partial charge >= 0.3 is 18.3 Å². The largest absolute Gasteiger partial charge is 0.456 e. The third-order valence-corrected chi connectivity index (χ3v) is 1.69. The van der Waals surface area contributed by atoms with Crippen LogP contribution in [0.5, 0.6) is 0 Å². The molecular formula is C6H3F11. The highest BCUT2D eigenvalue weighted by molar-refractivity contribution is 4.92. The molecule has 0 aromatic rings. The van der Waals surface area contributed by atoms with Crippen LogP contribution in [0.1, 0.15) is 0 Å². The molecule has 0 saturated heterocycles. The first kappa shape index (κ1) is 16.2. The maximum absolute atomic E-state index is 12.4. The van der Waals surface area contributed by atoms with Gasteiger partial charge in [0.1, 0.15) is 0 Å². The van der Waals surface area contributed by atoms with E-state index < -0.39 is 36.8 Å². The Balaban J connectivity index is 5.32. The summed E-state index contributed by atoms with van der Waals surface area (Å²) in [6.45, 7) is 0. The van der Waals surface area contributed by atoms with Crippen LogP contribution in [-0.2, 0) is 0 Å². The van der Waals surface area contributed by atoms with Crippen LogP contribution in [-0.4, -0.2) is 30.9 Å². The molecule has 0 aromatic carbocycles. The molecule has 0 bridgehead atoms. The van der Waals surface area contributed by atoms with Crippen molar-refractivity contribution in [1.29, 1.82) is 0 Å². The van der Waals surface area contributed by atoms with Crippen LogP contribution in [0.3, 0.4) is 0 Å². The lowest BCUT2D eigenvalue weighted by Gasteiger charge is -2.29. The highest BCUT2D eigenvalue weighted by Gasteiger charge is 2.70. The normalized spacial score (nSPS) is 18.4.